The molecule has 0 aromatic heterocycles. The van der Waals surface area contributed by atoms with Crippen LogP contribution in [0.15, 0.2) is 0 Å². The van der Waals surface area contributed by atoms with Gasteiger partial charge in [-0.05, 0) is 6.54 Å². The maximum atomic E-state index is 11.7. The van der Waals surface area contributed by atoms with Crippen molar-refractivity contribution in [3.05, 3.63) is 0 Å². The Morgan fingerprint density at radius 3 is 2.00 bits per heavy atom. The maximum absolute atomic E-state index is 11.7. The van der Waals surface area contributed by atoms with Crippen LogP contribution >= 0.6 is 34.8 Å². The maximum Gasteiger partial charge on any atom is 0.303 e. The fourth-order valence-corrected chi connectivity index (χ4v) is 2.77. The van der Waals surface area contributed by atoms with Crippen molar-refractivity contribution in [1.29, 1.82) is 5.41 Å². The number of halogens is 3. The fourth-order valence-electron chi connectivity index (χ4n) is 2.64. The Bertz CT molecular complexity index is 628. The predicted octanol–water partition coefficient (Wildman–Crippen LogP) is 1.48. The van der Waals surface area contributed by atoms with Crippen molar-refractivity contribution in [2.24, 2.45) is 0 Å². The lowest BCUT2D eigenvalue weighted by Gasteiger charge is -2.45. The molecule has 0 aromatic carbocycles. The second-order valence-electron chi connectivity index (χ2n) is 6.02. The molecular weight excluding hydrogens is 455 g/mol. The Hall–Kier alpha value is -1.33. The molecule has 1 heterocycles. The second kappa shape index (κ2) is 11.2. The van der Waals surface area contributed by atoms with Crippen molar-refractivity contribution in [3.63, 3.8) is 0 Å². The molecule has 0 spiro atoms. The lowest BCUT2D eigenvalue weighted by atomic mass is 9.96. The topological polar surface area (TPSA) is 133 Å². The molecule has 166 valence electrons. The second-order valence-corrected chi connectivity index (χ2v) is 8.30. The van der Waals surface area contributed by atoms with E-state index >= 15 is 0 Å². The van der Waals surface area contributed by atoms with Crippen LogP contribution in [0, 0.1) is 5.41 Å². The van der Waals surface area contributed by atoms with Crippen LogP contribution in [0.2, 0.25) is 0 Å². The molecule has 0 aromatic rings. The van der Waals surface area contributed by atoms with Crippen LogP contribution in [0.25, 0.3) is 0 Å². The number of nitrogens with one attached hydrogen (secondary N) is 2. The van der Waals surface area contributed by atoms with Gasteiger partial charge in [-0.1, -0.05) is 41.7 Å². The predicted molar refractivity (Wildman–Crippen MR) is 103 cm³/mol. The average molecular weight is 478 g/mol. The molecule has 0 saturated carbocycles. The highest BCUT2D eigenvalue weighted by Gasteiger charge is 2.52. The zero-order chi connectivity index (χ0) is 22.4. The zero-order valence-corrected chi connectivity index (χ0v) is 18.5. The van der Waals surface area contributed by atoms with Gasteiger partial charge < -0.3 is 29.0 Å². The molecule has 1 saturated heterocycles. The van der Waals surface area contributed by atoms with Crippen molar-refractivity contribution in [2.45, 2.75) is 62.1 Å². The van der Waals surface area contributed by atoms with Crippen LogP contribution in [-0.2, 0) is 38.1 Å². The summed E-state index contributed by atoms with van der Waals surface area (Å²) in [7, 11) is 0. The molecule has 1 fully saturated rings. The van der Waals surface area contributed by atoms with E-state index in [1.165, 1.54) is 13.8 Å². The minimum Gasteiger partial charge on any atom is -0.463 e. The van der Waals surface area contributed by atoms with Crippen molar-refractivity contribution >= 4 is 58.6 Å². The van der Waals surface area contributed by atoms with Gasteiger partial charge in [0.15, 0.2) is 12.2 Å². The van der Waals surface area contributed by atoms with Crippen LogP contribution in [0.3, 0.4) is 0 Å². The van der Waals surface area contributed by atoms with Crippen LogP contribution < -0.4 is 5.32 Å². The third kappa shape index (κ3) is 8.13. The summed E-state index contributed by atoms with van der Waals surface area (Å²) >= 11 is 17.0. The summed E-state index contributed by atoms with van der Waals surface area (Å²) in [5.74, 6) is -2.70. The highest BCUT2D eigenvalue weighted by molar-refractivity contribution is 6.76. The number of ether oxygens (including phenoxy) is 5. The summed E-state index contributed by atoms with van der Waals surface area (Å²) < 4.78 is 24.5. The molecule has 0 radical (unpaired) electrons. The van der Waals surface area contributed by atoms with Crippen molar-refractivity contribution < 1.29 is 38.1 Å². The zero-order valence-electron chi connectivity index (χ0n) is 16.2. The van der Waals surface area contributed by atoms with Gasteiger partial charge in [0, 0.05) is 20.8 Å². The summed E-state index contributed by atoms with van der Waals surface area (Å²) in [6, 6.07) is -0.908. The van der Waals surface area contributed by atoms with Crippen LogP contribution in [-0.4, -0.2) is 71.4 Å². The van der Waals surface area contributed by atoms with Crippen LogP contribution in [0.5, 0.6) is 0 Å². The van der Waals surface area contributed by atoms with Crippen LogP contribution in [0.1, 0.15) is 27.7 Å². The molecule has 2 N–H and O–H groups in total. The normalized spacial score (nSPS) is 26.9. The largest absolute Gasteiger partial charge is 0.463 e. The van der Waals surface area contributed by atoms with E-state index in [1.54, 1.807) is 6.92 Å². The van der Waals surface area contributed by atoms with Gasteiger partial charge in [0.05, 0.1) is 0 Å². The van der Waals surface area contributed by atoms with E-state index < -0.39 is 58.2 Å². The van der Waals surface area contributed by atoms with Gasteiger partial charge in [-0.15, -0.1) is 0 Å². The first kappa shape index (κ1) is 25.7. The van der Waals surface area contributed by atoms with Gasteiger partial charge >= 0.3 is 17.9 Å². The molecule has 0 aliphatic carbocycles. The molecule has 10 nitrogen and oxygen atoms in total. The summed E-state index contributed by atoms with van der Waals surface area (Å²) in [5, 5.41) is 10.8. The Morgan fingerprint density at radius 2 is 1.55 bits per heavy atom. The van der Waals surface area contributed by atoms with E-state index in [0.717, 1.165) is 6.92 Å². The summed E-state index contributed by atoms with van der Waals surface area (Å²) in [4.78, 5) is 34.5. The smallest absolute Gasteiger partial charge is 0.303 e. The first-order valence-corrected chi connectivity index (χ1v) is 9.69. The summed E-state index contributed by atoms with van der Waals surface area (Å²) in [6.07, 6.45) is -4.63. The van der Waals surface area contributed by atoms with Crippen LogP contribution in [0.4, 0.5) is 0 Å². The SMILES string of the molecule is CCN[C@@H]1C(OC(=N)C(Cl)(Cl)Cl)OC(COC(C)=O)[C@@H](OC(C)=O)C1OC(C)=O. The number of carbonyl (C=O) groups is 3. The highest BCUT2D eigenvalue weighted by Crippen LogP contribution is 2.32. The van der Waals surface area contributed by atoms with Gasteiger partial charge in [-0.2, -0.15) is 0 Å². The van der Waals surface area contributed by atoms with Gasteiger partial charge in [-0.3, -0.25) is 19.8 Å². The number of likely N-dealkylation sites (N-methyl/N-ethyl adjacent to an activating group) is 1. The molecule has 0 bridgehead atoms. The van der Waals surface area contributed by atoms with E-state index in [1.807, 2.05) is 0 Å². The number of esters is 3. The van der Waals surface area contributed by atoms with Crippen molar-refractivity contribution in [1.82, 2.24) is 5.32 Å². The minimum absolute atomic E-state index is 0.342. The third-order valence-electron chi connectivity index (χ3n) is 3.63. The summed E-state index contributed by atoms with van der Waals surface area (Å²) in [6.45, 7) is 5.30. The van der Waals surface area contributed by atoms with E-state index in [9.17, 15) is 14.4 Å². The molecule has 1 rings (SSSR count). The van der Waals surface area contributed by atoms with Crippen molar-refractivity contribution in [2.75, 3.05) is 13.2 Å². The first-order chi connectivity index (χ1) is 13.4. The Labute approximate surface area is 182 Å². The van der Waals surface area contributed by atoms with Gasteiger partial charge in [0.2, 0.25) is 12.2 Å². The molecule has 5 atom stereocenters. The molecule has 3 unspecified atom stereocenters. The fraction of sp³-hybridized carbons (Fsp3) is 0.750. The Balaban J connectivity index is 3.29. The van der Waals surface area contributed by atoms with Gasteiger partial charge in [0.25, 0.3) is 3.79 Å². The average Bonchev–Trinajstić information content (AvgIpc) is 2.56. The number of alkyl halides is 3. The standard InChI is InChI=1S/C16H23Cl3N2O8/c1-5-21-11-13(27-9(4)24)12(26-8(3)23)10(6-25-7(2)22)28-14(11)29-15(20)16(17,18)19/h10-14,20-21H,5-6H2,1-4H3/t10?,11-,12+,13?,14?/m0/s1. The molecule has 13 heteroatoms. The number of hydrogen-bond donors (Lipinski definition) is 2. The van der Waals surface area contributed by atoms with Gasteiger partial charge in [0.1, 0.15) is 18.8 Å². The molecule has 29 heavy (non-hydrogen) atoms. The lowest BCUT2D eigenvalue weighted by molar-refractivity contribution is -0.261. The Kier molecular flexibility index (Phi) is 9.90. The quantitative estimate of drug-likeness (QED) is 0.184. The number of rotatable bonds is 7. The minimum atomic E-state index is -2.17. The van der Waals surface area contributed by atoms with Crippen molar-refractivity contribution in [3.8, 4) is 0 Å². The van der Waals surface area contributed by atoms with E-state index in [0.29, 0.717) is 6.54 Å². The summed E-state index contributed by atoms with van der Waals surface area (Å²) in [5.41, 5.74) is 0. The van der Waals surface area contributed by atoms with E-state index in [-0.39, 0.29) is 6.61 Å². The molecular formula is C16H23Cl3N2O8. The lowest BCUT2D eigenvalue weighted by Crippen LogP contribution is -2.66. The number of hydrogen-bond acceptors (Lipinski definition) is 10. The van der Waals surface area contributed by atoms with E-state index in [4.69, 9.17) is 63.9 Å². The third-order valence-corrected chi connectivity index (χ3v) is 4.15. The highest BCUT2D eigenvalue weighted by atomic mass is 35.6. The molecule has 0 amide bonds. The Morgan fingerprint density at radius 1 is 1.00 bits per heavy atom. The molecule has 1 aliphatic rings. The number of carbonyl (C=O) groups excluding carboxylic acids is 3. The monoisotopic (exact) mass is 476 g/mol. The molecule has 1 aliphatic heterocycles. The first-order valence-electron chi connectivity index (χ1n) is 8.55. The van der Waals surface area contributed by atoms with E-state index in [2.05, 4.69) is 5.32 Å². The van der Waals surface area contributed by atoms with Gasteiger partial charge in [-0.25, -0.2) is 0 Å².